The Morgan fingerprint density at radius 3 is 2.94 bits per heavy atom. The summed E-state index contributed by atoms with van der Waals surface area (Å²) in [6, 6.07) is 10.2. The summed E-state index contributed by atoms with van der Waals surface area (Å²) in [6.07, 6.45) is 2.60. The van der Waals surface area contributed by atoms with Gasteiger partial charge in [-0.05, 0) is 49.5 Å². The minimum absolute atomic E-state index is 0.706. The molecule has 1 aromatic carbocycles. The van der Waals surface area contributed by atoms with E-state index in [4.69, 9.17) is 5.26 Å². The van der Waals surface area contributed by atoms with Gasteiger partial charge >= 0.3 is 0 Å². The second-order valence-electron chi connectivity index (χ2n) is 4.92. The SMILES string of the molecule is CC(SCc1cccc(C#N)c1)C1CCNCC1. The third kappa shape index (κ3) is 3.76. The first kappa shape index (κ1) is 13.5. The third-order valence-electron chi connectivity index (χ3n) is 3.62. The number of benzene rings is 1. The van der Waals surface area contributed by atoms with Crippen molar-refractivity contribution in [2.75, 3.05) is 13.1 Å². The number of nitrogens with one attached hydrogen (secondary N) is 1. The maximum Gasteiger partial charge on any atom is 0.0991 e. The molecule has 0 amide bonds. The Kier molecular flexibility index (Phi) is 5.10. The summed E-state index contributed by atoms with van der Waals surface area (Å²) >= 11 is 2.02. The maximum absolute atomic E-state index is 8.88. The Labute approximate surface area is 114 Å². The number of piperidine rings is 1. The number of hydrogen-bond acceptors (Lipinski definition) is 3. The maximum atomic E-state index is 8.88. The fraction of sp³-hybridized carbons (Fsp3) is 0.533. The highest BCUT2D eigenvalue weighted by Crippen LogP contribution is 2.28. The minimum atomic E-state index is 0.706. The van der Waals surface area contributed by atoms with Crippen molar-refractivity contribution in [3.63, 3.8) is 0 Å². The lowest BCUT2D eigenvalue weighted by atomic mass is 9.95. The molecule has 1 aliphatic heterocycles. The summed E-state index contributed by atoms with van der Waals surface area (Å²) in [5.74, 6) is 1.86. The quantitative estimate of drug-likeness (QED) is 0.903. The molecular weight excluding hydrogens is 240 g/mol. The Morgan fingerprint density at radius 1 is 1.44 bits per heavy atom. The second kappa shape index (κ2) is 6.82. The molecule has 0 bridgehead atoms. The molecule has 1 heterocycles. The molecule has 3 heteroatoms. The van der Waals surface area contributed by atoms with Crippen LogP contribution in [0.15, 0.2) is 24.3 Å². The van der Waals surface area contributed by atoms with Crippen LogP contribution in [0.5, 0.6) is 0 Å². The van der Waals surface area contributed by atoms with Gasteiger partial charge in [0.05, 0.1) is 11.6 Å². The van der Waals surface area contributed by atoms with Crippen molar-refractivity contribution >= 4 is 11.8 Å². The van der Waals surface area contributed by atoms with Gasteiger partial charge in [-0.15, -0.1) is 0 Å². The van der Waals surface area contributed by atoms with Crippen LogP contribution in [0.4, 0.5) is 0 Å². The average molecular weight is 260 g/mol. The van der Waals surface area contributed by atoms with E-state index in [0.29, 0.717) is 5.25 Å². The molecule has 18 heavy (non-hydrogen) atoms. The van der Waals surface area contributed by atoms with E-state index in [9.17, 15) is 0 Å². The zero-order valence-corrected chi connectivity index (χ0v) is 11.7. The van der Waals surface area contributed by atoms with Crippen molar-refractivity contribution < 1.29 is 0 Å². The fourth-order valence-electron chi connectivity index (χ4n) is 2.41. The molecule has 2 nitrogen and oxygen atoms in total. The van der Waals surface area contributed by atoms with Gasteiger partial charge in [0.2, 0.25) is 0 Å². The number of nitrogens with zero attached hydrogens (tertiary/aromatic N) is 1. The molecule has 0 radical (unpaired) electrons. The number of hydrogen-bond donors (Lipinski definition) is 1. The molecule has 1 aliphatic rings. The Bertz CT molecular complexity index is 419. The van der Waals surface area contributed by atoms with Gasteiger partial charge in [-0.3, -0.25) is 0 Å². The average Bonchev–Trinajstić information content (AvgIpc) is 2.46. The van der Waals surface area contributed by atoms with E-state index >= 15 is 0 Å². The lowest BCUT2D eigenvalue weighted by Crippen LogP contribution is -2.31. The molecule has 96 valence electrons. The molecule has 1 fully saturated rings. The van der Waals surface area contributed by atoms with Crippen molar-refractivity contribution in [2.24, 2.45) is 5.92 Å². The van der Waals surface area contributed by atoms with E-state index < -0.39 is 0 Å². The van der Waals surface area contributed by atoms with E-state index in [1.54, 1.807) is 0 Å². The summed E-state index contributed by atoms with van der Waals surface area (Å²) in [5.41, 5.74) is 2.03. The minimum Gasteiger partial charge on any atom is -0.317 e. The van der Waals surface area contributed by atoms with Crippen LogP contribution in [0, 0.1) is 17.2 Å². The first-order valence-electron chi connectivity index (χ1n) is 6.61. The molecule has 0 saturated carbocycles. The molecule has 1 aromatic rings. The van der Waals surface area contributed by atoms with E-state index in [1.807, 2.05) is 30.0 Å². The molecule has 1 atom stereocenters. The monoisotopic (exact) mass is 260 g/mol. The van der Waals surface area contributed by atoms with Gasteiger partial charge in [-0.1, -0.05) is 19.1 Å². The van der Waals surface area contributed by atoms with E-state index in [-0.39, 0.29) is 0 Å². The molecule has 1 unspecified atom stereocenters. The van der Waals surface area contributed by atoms with Gasteiger partial charge in [0, 0.05) is 11.0 Å². The first-order valence-corrected chi connectivity index (χ1v) is 7.66. The first-order chi connectivity index (χ1) is 8.79. The third-order valence-corrected chi connectivity index (χ3v) is 5.03. The topological polar surface area (TPSA) is 35.8 Å². The molecule has 0 spiro atoms. The Balaban J connectivity index is 1.84. The van der Waals surface area contributed by atoms with Crippen LogP contribution >= 0.6 is 11.8 Å². The Morgan fingerprint density at radius 2 is 2.22 bits per heavy atom. The van der Waals surface area contributed by atoms with Gasteiger partial charge in [-0.2, -0.15) is 17.0 Å². The lowest BCUT2D eigenvalue weighted by molar-refractivity contribution is 0.373. The van der Waals surface area contributed by atoms with Gasteiger partial charge in [0.25, 0.3) is 0 Å². The van der Waals surface area contributed by atoms with Crippen LogP contribution in [-0.4, -0.2) is 18.3 Å². The normalized spacial score (nSPS) is 18.2. The summed E-state index contributed by atoms with van der Waals surface area (Å²) in [4.78, 5) is 0. The van der Waals surface area contributed by atoms with E-state index in [2.05, 4.69) is 24.4 Å². The highest BCUT2D eigenvalue weighted by atomic mass is 32.2. The van der Waals surface area contributed by atoms with Gasteiger partial charge in [0.15, 0.2) is 0 Å². The van der Waals surface area contributed by atoms with Crippen LogP contribution < -0.4 is 5.32 Å². The van der Waals surface area contributed by atoms with Crippen LogP contribution in [0.25, 0.3) is 0 Å². The standard InChI is InChI=1S/C15H20N2S/c1-12(15-5-7-17-8-6-15)18-11-14-4-2-3-13(9-14)10-16/h2-4,9,12,15,17H,5-8,11H2,1H3. The van der Waals surface area contributed by atoms with Crippen molar-refractivity contribution in [3.05, 3.63) is 35.4 Å². The van der Waals surface area contributed by atoms with Crippen molar-refractivity contribution in [2.45, 2.75) is 30.8 Å². The van der Waals surface area contributed by atoms with Crippen molar-refractivity contribution in [1.29, 1.82) is 5.26 Å². The van der Waals surface area contributed by atoms with Crippen LogP contribution in [-0.2, 0) is 5.75 Å². The second-order valence-corrected chi connectivity index (χ2v) is 6.28. The summed E-state index contributed by atoms with van der Waals surface area (Å²) in [7, 11) is 0. The zero-order chi connectivity index (χ0) is 12.8. The molecular formula is C15H20N2S. The molecule has 1 N–H and O–H groups in total. The van der Waals surface area contributed by atoms with Gasteiger partial charge < -0.3 is 5.32 Å². The van der Waals surface area contributed by atoms with E-state index in [1.165, 1.54) is 31.5 Å². The summed E-state index contributed by atoms with van der Waals surface area (Å²) < 4.78 is 0. The molecule has 0 aliphatic carbocycles. The number of nitriles is 1. The van der Waals surface area contributed by atoms with Crippen LogP contribution in [0.1, 0.15) is 30.9 Å². The molecule has 1 saturated heterocycles. The number of thioether (sulfide) groups is 1. The van der Waals surface area contributed by atoms with Crippen LogP contribution in [0.2, 0.25) is 0 Å². The fourth-order valence-corrected chi connectivity index (χ4v) is 3.59. The smallest absolute Gasteiger partial charge is 0.0991 e. The van der Waals surface area contributed by atoms with E-state index in [0.717, 1.165) is 17.2 Å². The zero-order valence-electron chi connectivity index (χ0n) is 10.9. The highest BCUT2D eigenvalue weighted by molar-refractivity contribution is 7.99. The molecule has 2 rings (SSSR count). The lowest BCUT2D eigenvalue weighted by Gasteiger charge is -2.27. The van der Waals surface area contributed by atoms with Crippen molar-refractivity contribution in [1.82, 2.24) is 5.32 Å². The Hall–Kier alpha value is -0.980. The van der Waals surface area contributed by atoms with Gasteiger partial charge in [-0.25, -0.2) is 0 Å². The molecule has 0 aromatic heterocycles. The largest absolute Gasteiger partial charge is 0.317 e. The summed E-state index contributed by atoms with van der Waals surface area (Å²) in [6.45, 7) is 4.67. The number of rotatable bonds is 4. The van der Waals surface area contributed by atoms with Gasteiger partial charge in [0.1, 0.15) is 0 Å². The predicted molar refractivity (Wildman–Crippen MR) is 77.5 cm³/mol. The van der Waals surface area contributed by atoms with Crippen molar-refractivity contribution in [3.8, 4) is 6.07 Å². The summed E-state index contributed by atoms with van der Waals surface area (Å²) in [5, 5.41) is 13.0. The highest BCUT2D eigenvalue weighted by Gasteiger charge is 2.19. The predicted octanol–water partition coefficient (Wildman–Crippen LogP) is 3.18. The van der Waals surface area contributed by atoms with Crippen LogP contribution in [0.3, 0.4) is 0 Å².